The normalized spacial score (nSPS) is 13.4. The Morgan fingerprint density at radius 2 is 1.91 bits per heavy atom. The number of nitrogen functional groups attached to an aromatic ring is 1. The maximum absolute atomic E-state index is 11.9. The predicted octanol–water partition coefficient (Wildman–Crippen LogP) is 1.95. The minimum Gasteiger partial charge on any atom is -0.507 e. The molecular formula is C16H12N4O2. The molecule has 1 aromatic heterocycles. The van der Waals surface area contributed by atoms with Gasteiger partial charge in [0.2, 0.25) is 0 Å². The fourth-order valence-corrected chi connectivity index (χ4v) is 2.60. The Labute approximate surface area is 126 Å². The van der Waals surface area contributed by atoms with Crippen LogP contribution in [0.1, 0.15) is 35.4 Å². The predicted molar refractivity (Wildman–Crippen MR) is 80.0 cm³/mol. The molecule has 4 N–H and O–H groups in total. The summed E-state index contributed by atoms with van der Waals surface area (Å²) < 4.78 is 0. The number of para-hydroxylation sites is 1. The van der Waals surface area contributed by atoms with Crippen molar-refractivity contribution in [2.45, 2.75) is 18.8 Å². The van der Waals surface area contributed by atoms with Crippen molar-refractivity contribution < 1.29 is 5.11 Å². The van der Waals surface area contributed by atoms with E-state index in [2.05, 4.69) is 4.98 Å². The van der Waals surface area contributed by atoms with Gasteiger partial charge in [0, 0.05) is 11.1 Å². The Kier molecular flexibility index (Phi) is 3.08. The van der Waals surface area contributed by atoms with E-state index in [4.69, 9.17) is 5.73 Å². The summed E-state index contributed by atoms with van der Waals surface area (Å²) >= 11 is 0. The Balaban J connectivity index is 2.38. The van der Waals surface area contributed by atoms with Gasteiger partial charge in [0.1, 0.15) is 34.8 Å². The van der Waals surface area contributed by atoms with Crippen molar-refractivity contribution in [2.24, 2.45) is 0 Å². The van der Waals surface area contributed by atoms with Crippen LogP contribution in [0.3, 0.4) is 0 Å². The molecule has 0 atom stereocenters. The smallest absolute Gasteiger partial charge is 0.268 e. The molecule has 0 bridgehead atoms. The monoisotopic (exact) mass is 292 g/mol. The van der Waals surface area contributed by atoms with E-state index in [1.165, 1.54) is 0 Å². The van der Waals surface area contributed by atoms with Gasteiger partial charge in [-0.2, -0.15) is 10.5 Å². The van der Waals surface area contributed by atoms with Crippen molar-refractivity contribution >= 4 is 5.82 Å². The van der Waals surface area contributed by atoms with Crippen LogP contribution in [0.2, 0.25) is 0 Å². The van der Waals surface area contributed by atoms with Gasteiger partial charge in [-0.3, -0.25) is 4.79 Å². The van der Waals surface area contributed by atoms with Gasteiger partial charge >= 0.3 is 0 Å². The van der Waals surface area contributed by atoms with E-state index in [-0.39, 0.29) is 39.7 Å². The molecule has 3 rings (SSSR count). The lowest BCUT2D eigenvalue weighted by atomic mass is 9.93. The minimum atomic E-state index is -0.676. The summed E-state index contributed by atoms with van der Waals surface area (Å²) in [6.45, 7) is 0. The zero-order valence-corrected chi connectivity index (χ0v) is 11.6. The van der Waals surface area contributed by atoms with Crippen LogP contribution >= 0.6 is 0 Å². The highest BCUT2D eigenvalue weighted by Crippen LogP contribution is 2.47. The second kappa shape index (κ2) is 4.94. The summed E-state index contributed by atoms with van der Waals surface area (Å²) in [5.41, 5.74) is 5.91. The first kappa shape index (κ1) is 13.7. The first-order valence-corrected chi connectivity index (χ1v) is 6.76. The topological polar surface area (TPSA) is 127 Å². The third-order valence-electron chi connectivity index (χ3n) is 3.82. The van der Waals surface area contributed by atoms with Gasteiger partial charge in [0.05, 0.1) is 0 Å². The average Bonchev–Trinajstić information content (AvgIpc) is 3.31. The molecule has 2 aromatic rings. The summed E-state index contributed by atoms with van der Waals surface area (Å²) in [6.07, 6.45) is 1.98. The van der Waals surface area contributed by atoms with Crippen LogP contribution in [0, 0.1) is 22.7 Å². The third kappa shape index (κ3) is 1.99. The van der Waals surface area contributed by atoms with Crippen LogP contribution in [-0.4, -0.2) is 10.1 Å². The molecule has 0 aliphatic heterocycles. The Hall–Kier alpha value is -3.25. The maximum atomic E-state index is 11.9. The number of aromatic nitrogens is 1. The number of nitrogens with two attached hydrogens (primary N) is 1. The van der Waals surface area contributed by atoms with E-state index in [0.29, 0.717) is 0 Å². The molecule has 0 amide bonds. The van der Waals surface area contributed by atoms with Crippen LogP contribution in [0.4, 0.5) is 5.82 Å². The molecule has 1 heterocycles. The molecule has 1 saturated carbocycles. The van der Waals surface area contributed by atoms with Crippen molar-refractivity contribution in [3.8, 4) is 29.0 Å². The summed E-state index contributed by atoms with van der Waals surface area (Å²) in [7, 11) is 0. The van der Waals surface area contributed by atoms with Crippen LogP contribution in [0.25, 0.3) is 11.1 Å². The number of phenols is 1. The highest BCUT2D eigenvalue weighted by atomic mass is 16.3. The van der Waals surface area contributed by atoms with Crippen molar-refractivity contribution in [3.63, 3.8) is 0 Å². The molecule has 1 fully saturated rings. The highest BCUT2D eigenvalue weighted by Gasteiger charge is 2.29. The quantitative estimate of drug-likeness (QED) is 0.779. The molecule has 1 aliphatic rings. The third-order valence-corrected chi connectivity index (χ3v) is 3.82. The zero-order valence-electron chi connectivity index (χ0n) is 11.6. The van der Waals surface area contributed by atoms with E-state index in [1.807, 2.05) is 12.1 Å². The first-order valence-electron chi connectivity index (χ1n) is 6.76. The average molecular weight is 292 g/mol. The van der Waals surface area contributed by atoms with E-state index in [0.717, 1.165) is 18.4 Å². The molecule has 6 heteroatoms. The number of aromatic hydroxyl groups is 1. The van der Waals surface area contributed by atoms with Gasteiger partial charge in [-0.1, -0.05) is 18.2 Å². The molecule has 0 saturated heterocycles. The Morgan fingerprint density at radius 1 is 1.23 bits per heavy atom. The van der Waals surface area contributed by atoms with Crippen LogP contribution < -0.4 is 11.3 Å². The molecule has 0 radical (unpaired) electrons. The molecule has 0 unspecified atom stereocenters. The number of nitriles is 2. The molecule has 108 valence electrons. The van der Waals surface area contributed by atoms with Crippen molar-refractivity contribution in [2.75, 3.05) is 5.73 Å². The van der Waals surface area contributed by atoms with Gasteiger partial charge < -0.3 is 15.8 Å². The van der Waals surface area contributed by atoms with Crippen LogP contribution in [0.15, 0.2) is 23.0 Å². The van der Waals surface area contributed by atoms with Crippen LogP contribution in [0.5, 0.6) is 5.75 Å². The molecule has 1 aromatic carbocycles. The maximum Gasteiger partial charge on any atom is 0.268 e. The highest BCUT2D eigenvalue weighted by molar-refractivity contribution is 5.84. The van der Waals surface area contributed by atoms with Gasteiger partial charge in [-0.15, -0.1) is 0 Å². The van der Waals surface area contributed by atoms with Crippen molar-refractivity contribution in [1.29, 1.82) is 10.5 Å². The van der Waals surface area contributed by atoms with Crippen molar-refractivity contribution in [1.82, 2.24) is 4.98 Å². The second-order valence-electron chi connectivity index (χ2n) is 5.23. The largest absolute Gasteiger partial charge is 0.507 e. The Bertz CT molecular complexity index is 911. The van der Waals surface area contributed by atoms with E-state index >= 15 is 0 Å². The number of nitrogens with one attached hydrogen (secondary N) is 1. The number of benzene rings is 1. The van der Waals surface area contributed by atoms with Gasteiger partial charge in [-0.05, 0) is 24.3 Å². The number of phenolic OH excluding ortho intramolecular Hbond substituents is 1. The summed E-state index contributed by atoms with van der Waals surface area (Å²) in [5.74, 6) is 0.177. The number of anilines is 1. The molecule has 0 spiro atoms. The minimum absolute atomic E-state index is 0.00278. The number of hydrogen-bond acceptors (Lipinski definition) is 5. The summed E-state index contributed by atoms with van der Waals surface area (Å²) in [4.78, 5) is 14.2. The fraction of sp³-hybridized carbons (Fsp3) is 0.188. The Morgan fingerprint density at radius 3 is 2.50 bits per heavy atom. The molecule has 22 heavy (non-hydrogen) atoms. The lowest BCUT2D eigenvalue weighted by Gasteiger charge is -2.12. The SMILES string of the molecule is N#Cc1c(N)[nH]c(=O)c(C#N)c1-c1cccc(C2CC2)c1O. The standard InChI is InChI=1S/C16H12N4O2/c17-6-11-13(12(7-18)16(22)20-15(11)19)10-3-1-2-9(14(10)21)8-4-5-8/h1-3,8,21H,4-5H2,(H3,19,20,22). The fourth-order valence-electron chi connectivity index (χ4n) is 2.60. The molecule has 6 nitrogen and oxygen atoms in total. The summed E-state index contributed by atoms with van der Waals surface area (Å²) in [6, 6.07) is 8.82. The van der Waals surface area contributed by atoms with E-state index in [1.54, 1.807) is 18.2 Å². The van der Waals surface area contributed by atoms with E-state index < -0.39 is 5.56 Å². The summed E-state index contributed by atoms with van der Waals surface area (Å²) in [5, 5.41) is 29.1. The first-order chi connectivity index (χ1) is 10.6. The number of H-pyrrole nitrogens is 1. The van der Waals surface area contributed by atoms with Gasteiger partial charge in [0.15, 0.2) is 0 Å². The number of hydrogen-bond donors (Lipinski definition) is 3. The van der Waals surface area contributed by atoms with Gasteiger partial charge in [-0.25, -0.2) is 0 Å². The van der Waals surface area contributed by atoms with Gasteiger partial charge in [0.25, 0.3) is 5.56 Å². The van der Waals surface area contributed by atoms with E-state index in [9.17, 15) is 20.4 Å². The molecular weight excluding hydrogens is 280 g/mol. The number of pyridine rings is 1. The number of aromatic amines is 1. The lowest BCUT2D eigenvalue weighted by Crippen LogP contribution is -2.16. The lowest BCUT2D eigenvalue weighted by molar-refractivity contribution is 0.470. The molecule has 1 aliphatic carbocycles. The second-order valence-corrected chi connectivity index (χ2v) is 5.23. The zero-order chi connectivity index (χ0) is 15.9. The number of nitrogens with zero attached hydrogens (tertiary/aromatic N) is 2. The van der Waals surface area contributed by atoms with Crippen LogP contribution in [-0.2, 0) is 0 Å². The van der Waals surface area contributed by atoms with Crippen molar-refractivity contribution in [3.05, 3.63) is 45.2 Å². The number of rotatable bonds is 2.